The molecule has 5 heterocycles. The van der Waals surface area contributed by atoms with Gasteiger partial charge in [-0.2, -0.15) is 9.40 Å². The van der Waals surface area contributed by atoms with E-state index >= 15 is 0 Å². The van der Waals surface area contributed by atoms with E-state index in [2.05, 4.69) is 39.2 Å². The molecule has 4 aliphatic rings. The van der Waals surface area contributed by atoms with E-state index in [0.717, 1.165) is 105 Å². The molecule has 246 valence electrons. The van der Waals surface area contributed by atoms with Gasteiger partial charge >= 0.3 is 0 Å². The van der Waals surface area contributed by atoms with Crippen LogP contribution < -0.4 is 5.32 Å². The normalized spacial score (nSPS) is 20.9. The van der Waals surface area contributed by atoms with Crippen LogP contribution in [-0.2, 0) is 52.0 Å². The number of hydrogen-bond donors (Lipinski definition) is 1. The molecule has 1 amide bonds. The maximum Gasteiger partial charge on any atom is 0.240 e. The van der Waals surface area contributed by atoms with Gasteiger partial charge in [-0.25, -0.2) is 8.42 Å². The van der Waals surface area contributed by atoms with Crippen molar-refractivity contribution < 1.29 is 17.9 Å². The third-order valence-electron chi connectivity index (χ3n) is 9.95. The second-order valence-corrected chi connectivity index (χ2v) is 15.4. The zero-order valence-corrected chi connectivity index (χ0v) is 28.1. The molecular weight excluding hydrogens is 624 g/mol. The molecule has 0 saturated carbocycles. The fraction of sp³-hybridized carbons (Fsp3) is 0.529. The van der Waals surface area contributed by atoms with E-state index in [1.165, 1.54) is 17.4 Å². The lowest BCUT2D eigenvalue weighted by molar-refractivity contribution is -0.132. The fourth-order valence-corrected chi connectivity index (χ4v) is 8.36. The van der Waals surface area contributed by atoms with Gasteiger partial charge in [0.2, 0.25) is 15.9 Å². The minimum atomic E-state index is -3.34. The molecule has 2 aromatic carbocycles. The van der Waals surface area contributed by atoms with Gasteiger partial charge in [0.05, 0.1) is 31.2 Å². The monoisotopic (exact) mass is 666 g/mol. The summed E-state index contributed by atoms with van der Waals surface area (Å²) >= 11 is 6.82. The van der Waals surface area contributed by atoms with Crippen LogP contribution in [0.4, 0.5) is 0 Å². The molecule has 3 aromatic rings. The molecule has 0 spiro atoms. The average molecular weight is 667 g/mol. The largest absolute Gasteiger partial charge is 0.379 e. The van der Waals surface area contributed by atoms with Crippen LogP contribution >= 0.6 is 11.6 Å². The van der Waals surface area contributed by atoms with Crippen LogP contribution in [0.1, 0.15) is 41.6 Å². The number of benzene rings is 2. The summed E-state index contributed by atoms with van der Waals surface area (Å²) in [6.07, 6.45) is 5.73. The maximum atomic E-state index is 13.0. The summed E-state index contributed by atoms with van der Waals surface area (Å²) in [7, 11) is -3.34. The number of amides is 1. The molecule has 1 N–H and O–H groups in total. The lowest BCUT2D eigenvalue weighted by atomic mass is 9.91. The highest BCUT2D eigenvalue weighted by atomic mass is 35.5. The first-order valence-electron chi connectivity index (χ1n) is 16.5. The first kappa shape index (κ1) is 31.8. The molecule has 1 atom stereocenters. The predicted octanol–water partition coefficient (Wildman–Crippen LogP) is 3.55. The van der Waals surface area contributed by atoms with E-state index < -0.39 is 10.0 Å². The van der Waals surface area contributed by atoms with Crippen molar-refractivity contribution in [3.8, 4) is 22.4 Å². The van der Waals surface area contributed by atoms with Gasteiger partial charge in [-0.15, -0.1) is 0 Å². The van der Waals surface area contributed by atoms with Crippen molar-refractivity contribution in [1.82, 2.24) is 29.2 Å². The van der Waals surface area contributed by atoms with Crippen LogP contribution in [0, 0.1) is 0 Å². The molecule has 2 fully saturated rings. The number of nitrogens with zero attached hydrogens (tertiary/aromatic N) is 5. The van der Waals surface area contributed by atoms with Crippen molar-refractivity contribution in [3.63, 3.8) is 0 Å². The molecule has 4 aliphatic heterocycles. The molecule has 46 heavy (non-hydrogen) atoms. The number of likely N-dealkylation sites (tertiary alicyclic amines) is 1. The van der Waals surface area contributed by atoms with E-state index in [-0.39, 0.29) is 11.9 Å². The highest BCUT2D eigenvalue weighted by Gasteiger charge is 2.31. The van der Waals surface area contributed by atoms with Crippen molar-refractivity contribution in [2.24, 2.45) is 0 Å². The number of aromatic nitrogens is 2. The minimum absolute atomic E-state index is 0.176. The van der Waals surface area contributed by atoms with Gasteiger partial charge in [-0.3, -0.25) is 14.4 Å². The zero-order valence-electron chi connectivity index (χ0n) is 26.5. The van der Waals surface area contributed by atoms with Crippen LogP contribution in [0.25, 0.3) is 22.4 Å². The van der Waals surface area contributed by atoms with Gasteiger partial charge in [-0.05, 0) is 60.6 Å². The Kier molecular flexibility index (Phi) is 9.24. The van der Waals surface area contributed by atoms with Crippen molar-refractivity contribution >= 4 is 27.5 Å². The highest BCUT2D eigenvalue weighted by molar-refractivity contribution is 7.88. The number of fused-ring (bicyclic) bond motifs is 2. The van der Waals surface area contributed by atoms with Gasteiger partial charge in [0.15, 0.2) is 0 Å². The Hall–Kier alpha value is -2.80. The molecule has 0 bridgehead atoms. The quantitative estimate of drug-likeness (QED) is 0.393. The second kappa shape index (κ2) is 13.4. The van der Waals surface area contributed by atoms with Crippen LogP contribution in [0.15, 0.2) is 36.4 Å². The molecule has 12 heteroatoms. The molecule has 1 aromatic heterocycles. The topological polar surface area (TPSA) is 100 Å². The summed E-state index contributed by atoms with van der Waals surface area (Å²) in [4.78, 5) is 17.4. The number of hydrogen-bond acceptors (Lipinski definition) is 7. The number of ether oxygens (including phenoxy) is 1. The van der Waals surface area contributed by atoms with Gasteiger partial charge in [0.25, 0.3) is 0 Å². The van der Waals surface area contributed by atoms with Crippen molar-refractivity contribution in [2.75, 3.05) is 58.7 Å². The zero-order chi connectivity index (χ0) is 31.8. The minimum Gasteiger partial charge on any atom is -0.379 e. The number of aryl methyl sites for hydroxylation is 1. The van der Waals surface area contributed by atoms with E-state index in [1.807, 2.05) is 17.0 Å². The number of carbonyl (C=O) groups is 1. The summed E-state index contributed by atoms with van der Waals surface area (Å²) in [6, 6.07) is 12.2. The molecule has 0 radical (unpaired) electrons. The number of nitrogens with one attached hydrogen (secondary N) is 1. The Balaban J connectivity index is 1.16. The standard InChI is InChI=1S/C34H43ClN6O4S/c1-46(43,44)40-14-9-32-29(23-40)33(37-41(32)13-4-10-38-15-17-45-18-16-38)26-7-8-30(35)28(20-26)25-6-5-24-21-31(36-22-27(24)19-25)34(42)39-11-2-3-12-39/h5-8,19-20,31,36H,2-4,9-18,21-23H2,1H3. The Morgan fingerprint density at radius 1 is 1.00 bits per heavy atom. The predicted molar refractivity (Wildman–Crippen MR) is 179 cm³/mol. The van der Waals surface area contributed by atoms with Crippen molar-refractivity contribution in [2.45, 2.75) is 57.8 Å². The van der Waals surface area contributed by atoms with E-state index in [4.69, 9.17) is 21.4 Å². The van der Waals surface area contributed by atoms with Crippen LogP contribution in [0.5, 0.6) is 0 Å². The molecule has 2 saturated heterocycles. The number of morpholine rings is 1. The van der Waals surface area contributed by atoms with Gasteiger partial charge in [0.1, 0.15) is 0 Å². The van der Waals surface area contributed by atoms with Crippen LogP contribution in [-0.4, -0.2) is 103 Å². The number of rotatable bonds is 8. The Morgan fingerprint density at radius 2 is 1.78 bits per heavy atom. The van der Waals surface area contributed by atoms with E-state index in [1.54, 1.807) is 4.31 Å². The first-order valence-corrected chi connectivity index (χ1v) is 18.8. The van der Waals surface area contributed by atoms with Gasteiger partial charge < -0.3 is 15.0 Å². The first-order chi connectivity index (χ1) is 22.2. The maximum absolute atomic E-state index is 13.0. The Labute approximate surface area is 276 Å². The van der Waals surface area contributed by atoms with Gasteiger partial charge in [-0.1, -0.05) is 29.8 Å². The lowest BCUT2D eigenvalue weighted by Crippen LogP contribution is -2.48. The third-order valence-corrected chi connectivity index (χ3v) is 11.5. The van der Waals surface area contributed by atoms with Gasteiger partial charge in [0, 0.05) is 92.7 Å². The van der Waals surface area contributed by atoms with Crippen molar-refractivity contribution in [3.05, 3.63) is 63.8 Å². The molecular formula is C34H43ClN6O4S. The Bertz CT molecular complexity index is 1710. The number of carbonyl (C=O) groups excluding carboxylic acids is 1. The summed E-state index contributed by atoms with van der Waals surface area (Å²) in [6.45, 7) is 8.35. The molecule has 7 rings (SSSR count). The van der Waals surface area contributed by atoms with E-state index in [0.29, 0.717) is 37.5 Å². The molecule has 1 unspecified atom stereocenters. The number of sulfonamides is 1. The molecule has 0 aliphatic carbocycles. The second-order valence-electron chi connectivity index (χ2n) is 13.0. The van der Waals surface area contributed by atoms with E-state index in [9.17, 15) is 13.2 Å². The van der Waals surface area contributed by atoms with Crippen molar-refractivity contribution in [1.29, 1.82) is 0 Å². The summed E-state index contributed by atoms with van der Waals surface area (Å²) < 4.78 is 34.3. The SMILES string of the molecule is CS(=O)(=O)N1CCc2c(c(-c3ccc(Cl)c(-c4ccc5c(c4)CNC(C(=O)N4CCCC4)C5)c3)nn2CCCN2CCOCC2)C1. The third kappa shape index (κ3) is 6.63. The highest BCUT2D eigenvalue weighted by Crippen LogP contribution is 2.37. The van der Waals surface area contributed by atoms with Crippen LogP contribution in [0.3, 0.4) is 0 Å². The smallest absolute Gasteiger partial charge is 0.240 e. The summed E-state index contributed by atoms with van der Waals surface area (Å²) in [5.41, 5.74) is 8.11. The lowest BCUT2D eigenvalue weighted by Gasteiger charge is -2.29. The summed E-state index contributed by atoms with van der Waals surface area (Å²) in [5.74, 6) is 0.210. The summed E-state index contributed by atoms with van der Waals surface area (Å²) in [5, 5.41) is 9.23. The van der Waals surface area contributed by atoms with Crippen LogP contribution in [0.2, 0.25) is 5.02 Å². The average Bonchev–Trinajstić information content (AvgIpc) is 3.73. The molecule has 10 nitrogen and oxygen atoms in total. The Morgan fingerprint density at radius 3 is 2.57 bits per heavy atom. The number of halogens is 1. The fourth-order valence-electron chi connectivity index (χ4n) is 7.34.